The Labute approximate surface area is 148 Å². The highest BCUT2D eigenvalue weighted by molar-refractivity contribution is 6.33. The smallest absolute Gasteiger partial charge is 0.135 e. The van der Waals surface area contributed by atoms with Gasteiger partial charge in [0.05, 0.1) is 18.2 Å². The number of methoxy groups -OCH3 is 1. The Morgan fingerprint density at radius 3 is 3.00 bits per heavy atom. The van der Waals surface area contributed by atoms with Gasteiger partial charge in [0.25, 0.3) is 0 Å². The first-order valence-electron chi connectivity index (χ1n) is 8.52. The summed E-state index contributed by atoms with van der Waals surface area (Å²) >= 11 is 6.22. The van der Waals surface area contributed by atoms with Crippen LogP contribution in [0.15, 0.2) is 40.8 Å². The molecule has 1 fully saturated rings. The quantitative estimate of drug-likeness (QED) is 0.790. The minimum atomic E-state index is 0.708. The van der Waals surface area contributed by atoms with Crippen molar-refractivity contribution in [2.45, 2.75) is 13.0 Å². The summed E-state index contributed by atoms with van der Waals surface area (Å²) in [4.78, 5) is 2.47. The molecule has 4 nitrogen and oxygen atoms in total. The van der Waals surface area contributed by atoms with Crippen LogP contribution in [-0.4, -0.2) is 44.8 Å². The Balaban J connectivity index is 1.44. The Bertz CT molecular complexity index is 644. The Morgan fingerprint density at radius 1 is 1.29 bits per heavy atom. The second-order valence-electron chi connectivity index (χ2n) is 6.32. The predicted molar refractivity (Wildman–Crippen MR) is 97.3 cm³/mol. The van der Waals surface area contributed by atoms with E-state index in [0.29, 0.717) is 10.9 Å². The molecule has 130 valence electrons. The number of rotatable bonds is 8. The van der Waals surface area contributed by atoms with Gasteiger partial charge in [-0.25, -0.2) is 0 Å². The zero-order valence-corrected chi connectivity index (χ0v) is 14.9. The molecule has 1 aliphatic heterocycles. The van der Waals surface area contributed by atoms with Gasteiger partial charge in [-0.3, -0.25) is 0 Å². The molecular weight excluding hydrogens is 324 g/mol. The summed E-state index contributed by atoms with van der Waals surface area (Å²) in [6, 6.07) is 11.8. The Hall–Kier alpha value is -1.33. The lowest BCUT2D eigenvalue weighted by Crippen LogP contribution is -2.28. The van der Waals surface area contributed by atoms with Crippen molar-refractivity contribution in [1.29, 1.82) is 0 Å². The fraction of sp³-hybridized carbons (Fsp3) is 0.474. The molecule has 0 bridgehead atoms. The van der Waals surface area contributed by atoms with Crippen LogP contribution >= 0.6 is 11.6 Å². The molecule has 1 aromatic carbocycles. The van der Waals surface area contributed by atoms with Crippen LogP contribution in [0.3, 0.4) is 0 Å². The molecule has 5 heteroatoms. The number of hydrogen-bond donors (Lipinski definition) is 1. The highest BCUT2D eigenvalue weighted by Crippen LogP contribution is 2.29. The van der Waals surface area contributed by atoms with E-state index < -0.39 is 0 Å². The van der Waals surface area contributed by atoms with Crippen molar-refractivity contribution < 1.29 is 9.15 Å². The van der Waals surface area contributed by atoms with Crippen LogP contribution in [0.5, 0.6) is 0 Å². The number of nitrogens with one attached hydrogen (secondary N) is 1. The highest BCUT2D eigenvalue weighted by Gasteiger charge is 2.21. The van der Waals surface area contributed by atoms with E-state index in [2.05, 4.69) is 10.2 Å². The first-order valence-corrected chi connectivity index (χ1v) is 8.89. The lowest BCUT2D eigenvalue weighted by molar-refractivity contribution is 0.159. The van der Waals surface area contributed by atoms with Crippen molar-refractivity contribution in [3.63, 3.8) is 0 Å². The lowest BCUT2D eigenvalue weighted by atomic mass is 10.1. The molecular formula is C19H25ClN2O2. The first-order chi connectivity index (χ1) is 11.8. The average molecular weight is 349 g/mol. The summed E-state index contributed by atoms with van der Waals surface area (Å²) in [6.45, 7) is 5.95. The second-order valence-corrected chi connectivity index (χ2v) is 6.73. The van der Waals surface area contributed by atoms with Crippen molar-refractivity contribution in [1.82, 2.24) is 10.2 Å². The fourth-order valence-electron chi connectivity index (χ4n) is 3.18. The minimum Gasteiger partial charge on any atom is -0.460 e. The highest BCUT2D eigenvalue weighted by atomic mass is 35.5. The van der Waals surface area contributed by atoms with Gasteiger partial charge in [-0.05, 0) is 49.7 Å². The van der Waals surface area contributed by atoms with Gasteiger partial charge < -0.3 is 19.4 Å². The number of ether oxygens (including phenoxy) is 1. The zero-order valence-electron chi connectivity index (χ0n) is 14.1. The summed E-state index contributed by atoms with van der Waals surface area (Å²) in [5, 5.41) is 4.23. The number of benzene rings is 1. The molecule has 0 saturated carbocycles. The summed E-state index contributed by atoms with van der Waals surface area (Å²) < 4.78 is 11.1. The number of likely N-dealkylation sites (tertiary alicyclic amines) is 1. The zero-order chi connectivity index (χ0) is 16.8. The molecule has 1 unspecified atom stereocenters. The molecule has 0 spiro atoms. The summed E-state index contributed by atoms with van der Waals surface area (Å²) in [7, 11) is 1.76. The van der Waals surface area contributed by atoms with E-state index in [9.17, 15) is 0 Å². The number of furan rings is 1. The third kappa shape index (κ3) is 4.61. The maximum Gasteiger partial charge on any atom is 0.135 e. The van der Waals surface area contributed by atoms with E-state index in [1.807, 2.05) is 36.4 Å². The van der Waals surface area contributed by atoms with Crippen molar-refractivity contribution >= 4 is 11.6 Å². The molecule has 3 rings (SSSR count). The van der Waals surface area contributed by atoms with Crippen molar-refractivity contribution in [2.24, 2.45) is 5.92 Å². The minimum absolute atomic E-state index is 0.708. The van der Waals surface area contributed by atoms with Crippen LogP contribution in [0.4, 0.5) is 0 Å². The summed E-state index contributed by atoms with van der Waals surface area (Å²) in [5.74, 6) is 2.48. The van der Waals surface area contributed by atoms with Gasteiger partial charge in [0.1, 0.15) is 11.5 Å². The number of halogens is 1. The Kier molecular flexibility index (Phi) is 6.32. The van der Waals surface area contributed by atoms with Crippen molar-refractivity contribution in [3.8, 4) is 11.3 Å². The molecule has 1 N–H and O–H groups in total. The number of hydrogen-bond acceptors (Lipinski definition) is 4. The topological polar surface area (TPSA) is 37.6 Å². The average Bonchev–Trinajstić information content (AvgIpc) is 3.23. The maximum absolute atomic E-state index is 6.22. The summed E-state index contributed by atoms with van der Waals surface area (Å²) in [5.41, 5.74) is 0.940. The Morgan fingerprint density at radius 2 is 2.17 bits per heavy atom. The standard InChI is InChI=1S/C19H25ClN2O2/c1-23-11-10-22-9-8-15(14-22)12-21-13-16-6-7-19(24-16)17-4-2-3-5-18(17)20/h2-7,15,21H,8-14H2,1H3. The largest absolute Gasteiger partial charge is 0.460 e. The van der Waals surface area contributed by atoms with E-state index in [4.69, 9.17) is 20.8 Å². The van der Waals surface area contributed by atoms with E-state index in [1.165, 1.54) is 13.0 Å². The molecule has 2 heterocycles. The molecule has 0 amide bonds. The van der Waals surface area contributed by atoms with Gasteiger partial charge in [0.15, 0.2) is 0 Å². The third-order valence-electron chi connectivity index (χ3n) is 4.51. The van der Waals surface area contributed by atoms with Crippen LogP contribution < -0.4 is 5.32 Å². The van der Waals surface area contributed by atoms with Gasteiger partial charge >= 0.3 is 0 Å². The molecule has 0 radical (unpaired) electrons. The SMILES string of the molecule is COCCN1CCC(CNCc2ccc(-c3ccccc3Cl)o2)C1. The predicted octanol–water partition coefficient (Wildman–Crippen LogP) is 3.66. The summed E-state index contributed by atoms with van der Waals surface area (Å²) in [6.07, 6.45) is 1.25. The normalized spacial score (nSPS) is 18.3. The van der Waals surface area contributed by atoms with E-state index >= 15 is 0 Å². The van der Waals surface area contributed by atoms with Gasteiger partial charge in [0, 0.05) is 25.8 Å². The van der Waals surface area contributed by atoms with Crippen LogP contribution in [0.25, 0.3) is 11.3 Å². The molecule has 0 aliphatic carbocycles. The van der Waals surface area contributed by atoms with Crippen molar-refractivity contribution in [3.05, 3.63) is 47.2 Å². The molecule has 2 aromatic rings. The molecule has 1 aliphatic rings. The van der Waals surface area contributed by atoms with E-state index in [1.54, 1.807) is 7.11 Å². The molecule has 24 heavy (non-hydrogen) atoms. The lowest BCUT2D eigenvalue weighted by Gasteiger charge is -2.15. The van der Waals surface area contributed by atoms with Crippen LogP contribution in [-0.2, 0) is 11.3 Å². The van der Waals surface area contributed by atoms with Crippen LogP contribution in [0.2, 0.25) is 5.02 Å². The van der Waals surface area contributed by atoms with E-state index in [-0.39, 0.29) is 0 Å². The monoisotopic (exact) mass is 348 g/mol. The third-order valence-corrected chi connectivity index (χ3v) is 4.84. The van der Waals surface area contributed by atoms with Crippen LogP contribution in [0, 0.1) is 5.92 Å². The second kappa shape index (κ2) is 8.67. The van der Waals surface area contributed by atoms with Gasteiger partial charge in [-0.15, -0.1) is 0 Å². The van der Waals surface area contributed by atoms with Crippen molar-refractivity contribution in [2.75, 3.05) is 39.9 Å². The molecule has 1 atom stereocenters. The fourth-order valence-corrected chi connectivity index (χ4v) is 3.41. The van der Waals surface area contributed by atoms with E-state index in [0.717, 1.165) is 49.9 Å². The van der Waals surface area contributed by atoms with Gasteiger partial charge in [-0.1, -0.05) is 23.7 Å². The molecule has 1 aromatic heterocycles. The van der Waals surface area contributed by atoms with Gasteiger partial charge in [-0.2, -0.15) is 0 Å². The maximum atomic E-state index is 6.22. The molecule has 1 saturated heterocycles. The van der Waals surface area contributed by atoms with Gasteiger partial charge in [0.2, 0.25) is 0 Å². The van der Waals surface area contributed by atoms with Crippen LogP contribution in [0.1, 0.15) is 12.2 Å². The first kappa shape index (κ1) is 17.5. The number of nitrogens with zero attached hydrogens (tertiary/aromatic N) is 1.